The van der Waals surface area contributed by atoms with E-state index in [9.17, 15) is 22.8 Å². The number of ether oxygens (including phenoxy) is 3. The number of esters is 1. The molecule has 2 aliphatic heterocycles. The molecule has 2 rings (SSSR count). The Morgan fingerprint density at radius 3 is 2.57 bits per heavy atom. The van der Waals surface area contributed by atoms with Gasteiger partial charge in [-0.15, -0.1) is 0 Å². The molecule has 0 spiro atoms. The van der Waals surface area contributed by atoms with Gasteiger partial charge in [-0.1, -0.05) is 0 Å². The zero-order valence-corrected chi connectivity index (χ0v) is 11.3. The molecule has 118 valence electrons. The minimum absolute atomic E-state index is 0.0946. The van der Waals surface area contributed by atoms with Crippen LogP contribution in [0.5, 0.6) is 0 Å². The number of halogens is 3. The lowest BCUT2D eigenvalue weighted by atomic mass is 10.0. The first-order chi connectivity index (χ1) is 9.79. The Hall–Kier alpha value is -1.61. The second kappa shape index (κ2) is 5.64. The Kier molecular flexibility index (Phi) is 4.24. The number of rotatable bonds is 2. The highest BCUT2D eigenvalue weighted by molar-refractivity contribution is 5.85. The number of fused-ring (bicyclic) bond motifs is 1. The lowest BCUT2D eigenvalue weighted by Gasteiger charge is -2.25. The summed E-state index contributed by atoms with van der Waals surface area (Å²) in [5, 5.41) is 0. The largest absolute Gasteiger partial charge is 0.471 e. The summed E-state index contributed by atoms with van der Waals surface area (Å²) in [5.74, 6) is -2.70. The van der Waals surface area contributed by atoms with Crippen molar-refractivity contribution in [2.45, 2.75) is 31.0 Å². The van der Waals surface area contributed by atoms with Crippen molar-refractivity contribution in [1.82, 2.24) is 4.90 Å². The molecule has 0 saturated carbocycles. The maximum Gasteiger partial charge on any atom is 0.471 e. The average molecular weight is 309 g/mol. The van der Waals surface area contributed by atoms with Gasteiger partial charge in [-0.25, -0.2) is 4.79 Å². The van der Waals surface area contributed by atoms with Crippen molar-refractivity contribution in [2.75, 3.05) is 20.8 Å². The van der Waals surface area contributed by atoms with E-state index in [0.29, 0.717) is 4.90 Å². The van der Waals surface area contributed by atoms with Gasteiger partial charge in [0.05, 0.1) is 19.3 Å². The summed E-state index contributed by atoms with van der Waals surface area (Å²) < 4.78 is 52.7. The molecular formula is C12H14F3NO5. The summed E-state index contributed by atoms with van der Waals surface area (Å²) in [5.41, 5.74) is 0.157. The number of alkyl halides is 3. The smallest absolute Gasteiger partial charge is 0.466 e. The van der Waals surface area contributed by atoms with Crippen LogP contribution in [0.3, 0.4) is 0 Å². The maximum absolute atomic E-state index is 12.6. The van der Waals surface area contributed by atoms with Gasteiger partial charge in [0, 0.05) is 25.3 Å². The molecule has 0 aliphatic carbocycles. The van der Waals surface area contributed by atoms with Gasteiger partial charge in [-0.2, -0.15) is 13.2 Å². The third-order valence-electron chi connectivity index (χ3n) is 3.46. The number of hydrogen-bond donors (Lipinski definition) is 0. The average Bonchev–Trinajstić information content (AvgIpc) is 2.96. The van der Waals surface area contributed by atoms with E-state index in [4.69, 9.17) is 9.47 Å². The van der Waals surface area contributed by atoms with Gasteiger partial charge in [0.15, 0.2) is 6.29 Å². The highest BCUT2D eigenvalue weighted by Gasteiger charge is 2.54. The Morgan fingerprint density at radius 2 is 2.05 bits per heavy atom. The van der Waals surface area contributed by atoms with Crippen LogP contribution in [0.4, 0.5) is 13.2 Å². The highest BCUT2D eigenvalue weighted by Crippen LogP contribution is 2.39. The molecule has 0 aromatic heterocycles. The molecule has 2 fully saturated rings. The molecule has 6 nitrogen and oxygen atoms in total. The monoisotopic (exact) mass is 309 g/mol. The van der Waals surface area contributed by atoms with Crippen LogP contribution in [0, 0.1) is 0 Å². The van der Waals surface area contributed by atoms with Gasteiger partial charge in [0.1, 0.15) is 0 Å². The van der Waals surface area contributed by atoms with Crippen molar-refractivity contribution < 1.29 is 37.0 Å². The second-order valence-electron chi connectivity index (χ2n) is 4.64. The normalized spacial score (nSPS) is 30.6. The molecule has 0 aromatic rings. The van der Waals surface area contributed by atoms with E-state index in [1.54, 1.807) is 0 Å². The highest BCUT2D eigenvalue weighted by atomic mass is 19.4. The molecule has 0 unspecified atom stereocenters. The summed E-state index contributed by atoms with van der Waals surface area (Å²) in [6.07, 6.45) is -5.32. The zero-order valence-electron chi connectivity index (χ0n) is 11.3. The summed E-state index contributed by atoms with van der Waals surface area (Å²) in [4.78, 5) is 23.5. The van der Waals surface area contributed by atoms with Gasteiger partial charge in [0.2, 0.25) is 0 Å². The topological polar surface area (TPSA) is 65.1 Å². The fourth-order valence-electron chi connectivity index (χ4n) is 2.61. The first kappa shape index (κ1) is 15.8. The number of methoxy groups -OCH3 is 2. The van der Waals surface area contributed by atoms with Crippen LogP contribution in [0.1, 0.15) is 6.42 Å². The van der Waals surface area contributed by atoms with Crippen molar-refractivity contribution >= 4 is 11.9 Å². The summed E-state index contributed by atoms with van der Waals surface area (Å²) in [6, 6.07) is -0.969. The molecule has 0 radical (unpaired) electrons. The molecule has 9 heteroatoms. The molecule has 2 aliphatic rings. The van der Waals surface area contributed by atoms with E-state index in [1.807, 2.05) is 0 Å². The molecule has 2 heterocycles. The fourth-order valence-corrected chi connectivity index (χ4v) is 2.61. The molecule has 0 bridgehead atoms. The summed E-state index contributed by atoms with van der Waals surface area (Å²) >= 11 is 0. The van der Waals surface area contributed by atoms with Crippen LogP contribution >= 0.6 is 0 Å². The van der Waals surface area contributed by atoms with Gasteiger partial charge < -0.3 is 19.1 Å². The van der Waals surface area contributed by atoms with Crippen molar-refractivity contribution in [1.29, 1.82) is 0 Å². The first-order valence-corrected chi connectivity index (χ1v) is 6.15. The fraction of sp³-hybridized carbons (Fsp3) is 0.667. The Bertz CT molecular complexity index is 476. The molecule has 0 N–H and O–H groups in total. The predicted molar refractivity (Wildman–Crippen MR) is 61.9 cm³/mol. The Morgan fingerprint density at radius 1 is 1.38 bits per heavy atom. The molecule has 21 heavy (non-hydrogen) atoms. The van der Waals surface area contributed by atoms with Gasteiger partial charge in [-0.05, 0) is 6.42 Å². The minimum Gasteiger partial charge on any atom is -0.466 e. The molecular weight excluding hydrogens is 295 g/mol. The van der Waals surface area contributed by atoms with Crippen molar-refractivity contribution in [3.8, 4) is 0 Å². The first-order valence-electron chi connectivity index (χ1n) is 6.15. The van der Waals surface area contributed by atoms with Crippen molar-refractivity contribution in [3.63, 3.8) is 0 Å². The molecule has 2 saturated heterocycles. The lowest BCUT2D eigenvalue weighted by molar-refractivity contribution is -0.185. The predicted octanol–water partition coefficient (Wildman–Crippen LogP) is 0.620. The number of hydrogen-bond acceptors (Lipinski definition) is 5. The van der Waals surface area contributed by atoms with Crippen molar-refractivity contribution in [3.05, 3.63) is 11.6 Å². The van der Waals surface area contributed by atoms with Crippen LogP contribution < -0.4 is 0 Å². The van der Waals surface area contributed by atoms with Crippen LogP contribution in [0.2, 0.25) is 0 Å². The van der Waals surface area contributed by atoms with E-state index in [2.05, 4.69) is 4.74 Å². The number of carbonyl (C=O) groups excluding carboxylic acids is 2. The summed E-state index contributed by atoms with van der Waals surface area (Å²) in [7, 11) is 2.44. The third kappa shape index (κ3) is 2.88. The SMILES string of the molecule is COC(=O)/C=C1\[C@H](OC)O[C@@H]2CCN(C(=O)C(F)(F)F)[C@H]12. The van der Waals surface area contributed by atoms with Crippen LogP contribution in [-0.4, -0.2) is 62.2 Å². The number of amides is 1. The van der Waals surface area contributed by atoms with Gasteiger partial charge >= 0.3 is 18.1 Å². The number of carbonyl (C=O) groups is 2. The van der Waals surface area contributed by atoms with E-state index in [-0.39, 0.29) is 18.5 Å². The maximum atomic E-state index is 12.6. The quantitative estimate of drug-likeness (QED) is 0.553. The number of nitrogens with zero attached hydrogens (tertiary/aromatic N) is 1. The van der Waals surface area contributed by atoms with Crippen molar-refractivity contribution in [2.24, 2.45) is 0 Å². The van der Waals surface area contributed by atoms with E-state index < -0.39 is 36.5 Å². The number of likely N-dealkylation sites (tertiary alicyclic amines) is 1. The lowest BCUT2D eigenvalue weighted by Crippen LogP contribution is -2.46. The minimum atomic E-state index is -4.98. The second-order valence-corrected chi connectivity index (χ2v) is 4.64. The summed E-state index contributed by atoms with van der Waals surface area (Å²) in [6.45, 7) is -0.0946. The molecule has 3 atom stereocenters. The van der Waals surface area contributed by atoms with Crippen LogP contribution in [0.25, 0.3) is 0 Å². The Labute approximate surface area is 118 Å². The molecule has 0 aromatic carbocycles. The zero-order chi connectivity index (χ0) is 15.8. The van der Waals surface area contributed by atoms with Gasteiger partial charge in [-0.3, -0.25) is 4.79 Å². The Balaban J connectivity index is 2.32. The van der Waals surface area contributed by atoms with Crippen LogP contribution in [-0.2, 0) is 23.8 Å². The van der Waals surface area contributed by atoms with E-state index in [1.165, 1.54) is 7.11 Å². The van der Waals surface area contributed by atoms with E-state index >= 15 is 0 Å². The van der Waals surface area contributed by atoms with Gasteiger partial charge in [0.25, 0.3) is 0 Å². The standard InChI is InChI=1S/C12H14F3NO5/c1-19-8(17)5-6-9-7(21-10(6)20-2)3-4-16(9)11(18)12(13,14)15/h5,7,9-10H,3-4H2,1-2H3/b6-5-/t7-,9-,10-/m1/s1. The molecule has 1 amide bonds. The van der Waals surface area contributed by atoms with Crippen LogP contribution in [0.15, 0.2) is 11.6 Å². The third-order valence-corrected chi connectivity index (χ3v) is 3.46. The van der Waals surface area contributed by atoms with E-state index in [0.717, 1.165) is 13.2 Å².